The monoisotopic (exact) mass is 374 g/mol. The van der Waals surface area contributed by atoms with Crippen LogP contribution in [0.4, 0.5) is 0 Å². The van der Waals surface area contributed by atoms with E-state index in [1.165, 1.54) is 22.0 Å². The van der Waals surface area contributed by atoms with E-state index >= 15 is 0 Å². The van der Waals surface area contributed by atoms with Gasteiger partial charge in [-0.25, -0.2) is 0 Å². The molecular weight excluding hydrogens is 344 g/mol. The third kappa shape index (κ3) is 3.99. The Hall–Kier alpha value is -2.55. The Kier molecular flexibility index (Phi) is 5.52. The molecule has 0 spiro atoms. The highest BCUT2D eigenvalue weighted by atomic mass is 16.2. The van der Waals surface area contributed by atoms with E-state index in [1.807, 2.05) is 0 Å². The number of carbonyl (C=O) groups is 1. The molecule has 0 radical (unpaired) electrons. The summed E-state index contributed by atoms with van der Waals surface area (Å²) in [4.78, 5) is 15.2. The molecule has 28 heavy (non-hydrogen) atoms. The number of rotatable bonds is 5. The third-order valence-electron chi connectivity index (χ3n) is 6.25. The largest absolute Gasteiger partial charge is 0.350 e. The zero-order valence-electron chi connectivity index (χ0n) is 17.0. The molecule has 1 saturated heterocycles. The molecule has 3 nitrogen and oxygen atoms in total. The van der Waals surface area contributed by atoms with Gasteiger partial charge < -0.3 is 9.47 Å². The number of benzene rings is 2. The van der Waals surface area contributed by atoms with Crippen LogP contribution in [0.1, 0.15) is 43.2 Å². The molecule has 4 rings (SSSR count). The Labute approximate surface area is 168 Å². The fourth-order valence-corrected chi connectivity index (χ4v) is 4.49. The van der Waals surface area contributed by atoms with Gasteiger partial charge in [0.15, 0.2) is 0 Å². The number of hydrogen-bond donors (Lipinski definition) is 0. The molecule has 0 N–H and O–H groups in total. The molecule has 0 saturated carbocycles. The molecule has 3 heteroatoms. The van der Waals surface area contributed by atoms with Crippen molar-refractivity contribution in [2.24, 2.45) is 13.0 Å². The lowest BCUT2D eigenvalue weighted by Crippen LogP contribution is -2.38. The Morgan fingerprint density at radius 1 is 1.04 bits per heavy atom. The Bertz CT molecular complexity index is 936. The number of amides is 1. The standard InChI is InChI=1S/C25H30N2O/c1-19-12-14-27(15-13-19)25(28)17-21(16-20-8-4-3-5-9-20)23-18-26(2)24-11-7-6-10-22(23)24/h3-11,18-19,21H,12-17H2,1-2H3. The van der Waals surface area contributed by atoms with Crippen LogP contribution < -0.4 is 0 Å². The number of fused-ring (bicyclic) bond motifs is 1. The Morgan fingerprint density at radius 2 is 1.71 bits per heavy atom. The zero-order valence-corrected chi connectivity index (χ0v) is 17.0. The first kappa shape index (κ1) is 18.8. The summed E-state index contributed by atoms with van der Waals surface area (Å²) >= 11 is 0. The average Bonchev–Trinajstić information content (AvgIpc) is 3.06. The Morgan fingerprint density at radius 3 is 2.46 bits per heavy atom. The molecule has 2 aromatic carbocycles. The zero-order chi connectivity index (χ0) is 19.5. The van der Waals surface area contributed by atoms with Gasteiger partial charge >= 0.3 is 0 Å². The van der Waals surface area contributed by atoms with Crippen molar-refractivity contribution in [3.8, 4) is 0 Å². The minimum absolute atomic E-state index is 0.195. The molecule has 1 unspecified atom stereocenters. The molecule has 1 atom stereocenters. The first-order valence-corrected chi connectivity index (χ1v) is 10.5. The highest BCUT2D eigenvalue weighted by Crippen LogP contribution is 2.33. The molecule has 3 aromatic rings. The van der Waals surface area contributed by atoms with Crippen LogP contribution in [0.2, 0.25) is 0 Å². The van der Waals surface area contributed by atoms with Crippen LogP contribution in [0.25, 0.3) is 10.9 Å². The second kappa shape index (κ2) is 8.22. The van der Waals surface area contributed by atoms with Crippen LogP contribution in [0.5, 0.6) is 0 Å². The second-order valence-corrected chi connectivity index (χ2v) is 8.37. The summed E-state index contributed by atoms with van der Waals surface area (Å²) in [5.41, 5.74) is 3.82. The van der Waals surface area contributed by atoms with E-state index in [-0.39, 0.29) is 5.92 Å². The van der Waals surface area contributed by atoms with E-state index < -0.39 is 0 Å². The maximum Gasteiger partial charge on any atom is 0.223 e. The van der Waals surface area contributed by atoms with Gasteiger partial charge in [0.05, 0.1) is 0 Å². The first-order chi connectivity index (χ1) is 13.6. The number of hydrogen-bond acceptors (Lipinski definition) is 1. The van der Waals surface area contributed by atoms with Crippen LogP contribution in [-0.4, -0.2) is 28.5 Å². The summed E-state index contributed by atoms with van der Waals surface area (Å²) in [6.45, 7) is 4.11. The van der Waals surface area contributed by atoms with Crippen molar-refractivity contribution < 1.29 is 4.79 Å². The number of likely N-dealkylation sites (tertiary alicyclic amines) is 1. The number of aryl methyl sites for hydroxylation is 1. The summed E-state index contributed by atoms with van der Waals surface area (Å²) in [7, 11) is 2.10. The molecule has 146 valence electrons. The van der Waals surface area contributed by atoms with E-state index in [4.69, 9.17) is 0 Å². The minimum Gasteiger partial charge on any atom is -0.350 e. The van der Waals surface area contributed by atoms with Crippen molar-refractivity contribution in [2.75, 3.05) is 13.1 Å². The van der Waals surface area contributed by atoms with Gasteiger partial charge in [-0.05, 0) is 48.3 Å². The quantitative estimate of drug-likeness (QED) is 0.606. The smallest absolute Gasteiger partial charge is 0.223 e. The second-order valence-electron chi connectivity index (χ2n) is 8.37. The maximum atomic E-state index is 13.1. The van der Waals surface area contributed by atoms with E-state index in [1.54, 1.807) is 0 Å². The number of carbonyl (C=O) groups excluding carboxylic acids is 1. The van der Waals surface area contributed by atoms with Crippen molar-refractivity contribution in [1.82, 2.24) is 9.47 Å². The fourth-order valence-electron chi connectivity index (χ4n) is 4.49. The van der Waals surface area contributed by atoms with Gasteiger partial charge in [0, 0.05) is 43.7 Å². The number of aromatic nitrogens is 1. The first-order valence-electron chi connectivity index (χ1n) is 10.5. The van der Waals surface area contributed by atoms with E-state index in [2.05, 4.69) is 84.2 Å². The fraction of sp³-hybridized carbons (Fsp3) is 0.400. The normalized spacial score (nSPS) is 16.4. The molecule has 1 aromatic heterocycles. The molecule has 1 fully saturated rings. The molecule has 1 aliphatic rings. The van der Waals surface area contributed by atoms with Gasteiger partial charge in [-0.15, -0.1) is 0 Å². The molecule has 0 bridgehead atoms. The van der Waals surface area contributed by atoms with Gasteiger partial charge in [-0.1, -0.05) is 55.5 Å². The van der Waals surface area contributed by atoms with E-state index in [0.29, 0.717) is 12.3 Å². The number of piperidine rings is 1. The predicted molar refractivity (Wildman–Crippen MR) is 115 cm³/mol. The van der Waals surface area contributed by atoms with Gasteiger partial charge in [-0.2, -0.15) is 0 Å². The van der Waals surface area contributed by atoms with Crippen molar-refractivity contribution in [1.29, 1.82) is 0 Å². The Balaban J connectivity index is 1.63. The summed E-state index contributed by atoms with van der Waals surface area (Å²) in [5.74, 6) is 1.24. The minimum atomic E-state index is 0.195. The summed E-state index contributed by atoms with van der Waals surface area (Å²) < 4.78 is 2.19. The molecule has 1 amide bonds. The summed E-state index contributed by atoms with van der Waals surface area (Å²) in [5, 5.41) is 1.27. The lowest BCUT2D eigenvalue weighted by Gasteiger charge is -2.31. The van der Waals surface area contributed by atoms with Gasteiger partial charge in [0.1, 0.15) is 0 Å². The highest BCUT2D eigenvalue weighted by Gasteiger charge is 2.26. The van der Waals surface area contributed by atoms with E-state index in [0.717, 1.165) is 38.3 Å². The van der Waals surface area contributed by atoms with Crippen LogP contribution in [-0.2, 0) is 18.3 Å². The van der Waals surface area contributed by atoms with Crippen molar-refractivity contribution in [3.63, 3.8) is 0 Å². The van der Waals surface area contributed by atoms with Gasteiger partial charge in [0.2, 0.25) is 5.91 Å². The van der Waals surface area contributed by atoms with Gasteiger partial charge in [-0.3, -0.25) is 4.79 Å². The number of nitrogens with zero attached hydrogens (tertiary/aromatic N) is 2. The van der Waals surface area contributed by atoms with Crippen molar-refractivity contribution in [2.45, 2.75) is 38.5 Å². The van der Waals surface area contributed by atoms with Crippen LogP contribution in [0, 0.1) is 5.92 Å². The third-order valence-corrected chi connectivity index (χ3v) is 6.25. The van der Waals surface area contributed by atoms with Gasteiger partial charge in [0.25, 0.3) is 0 Å². The summed E-state index contributed by atoms with van der Waals surface area (Å²) in [6.07, 6.45) is 5.96. The lowest BCUT2D eigenvalue weighted by molar-refractivity contribution is -0.132. The lowest BCUT2D eigenvalue weighted by atomic mass is 9.88. The predicted octanol–water partition coefficient (Wildman–Crippen LogP) is 5.15. The van der Waals surface area contributed by atoms with Crippen molar-refractivity contribution in [3.05, 3.63) is 71.9 Å². The molecular formula is C25H30N2O. The maximum absolute atomic E-state index is 13.1. The SMILES string of the molecule is CC1CCN(C(=O)CC(Cc2ccccc2)c2cn(C)c3ccccc23)CC1. The summed E-state index contributed by atoms with van der Waals surface area (Å²) in [6, 6.07) is 19.1. The molecule has 2 heterocycles. The topological polar surface area (TPSA) is 25.2 Å². The van der Waals surface area contributed by atoms with E-state index in [9.17, 15) is 4.79 Å². The van der Waals surface area contributed by atoms with Crippen molar-refractivity contribution >= 4 is 16.8 Å². The average molecular weight is 375 g/mol. The highest BCUT2D eigenvalue weighted by molar-refractivity contribution is 5.86. The number of para-hydroxylation sites is 1. The van der Waals surface area contributed by atoms with Crippen LogP contribution >= 0.6 is 0 Å². The molecule has 1 aliphatic heterocycles. The van der Waals surface area contributed by atoms with Crippen LogP contribution in [0.15, 0.2) is 60.8 Å². The molecule has 0 aliphatic carbocycles. The van der Waals surface area contributed by atoms with Crippen LogP contribution in [0.3, 0.4) is 0 Å².